The van der Waals surface area contributed by atoms with Gasteiger partial charge in [0, 0.05) is 29.7 Å². The van der Waals surface area contributed by atoms with E-state index in [2.05, 4.69) is 15.1 Å². The standard InChI is InChI=1S/C21H25N3O4/c1-12-10-17-15(6-8-27-17)20(26)19(12)16-11-18-21(23-22-16)24(7-9-28-18)13-2-4-14(25)5-3-13/h10-11,13-14,25-26H,2-9H2,1H3. The van der Waals surface area contributed by atoms with E-state index in [9.17, 15) is 10.2 Å². The Labute approximate surface area is 163 Å². The molecule has 3 heterocycles. The molecule has 2 N–H and O–H groups in total. The Kier molecular flexibility index (Phi) is 4.27. The molecule has 0 saturated heterocycles. The average Bonchev–Trinajstić information content (AvgIpc) is 3.17. The van der Waals surface area contributed by atoms with Crippen molar-refractivity contribution in [2.24, 2.45) is 0 Å². The van der Waals surface area contributed by atoms with Gasteiger partial charge in [0.05, 0.1) is 19.3 Å². The highest BCUT2D eigenvalue weighted by Gasteiger charge is 2.31. The number of anilines is 1. The fraction of sp³-hybridized carbons (Fsp3) is 0.524. The van der Waals surface area contributed by atoms with E-state index in [4.69, 9.17) is 9.47 Å². The first-order chi connectivity index (χ1) is 13.6. The highest BCUT2D eigenvalue weighted by molar-refractivity contribution is 5.76. The summed E-state index contributed by atoms with van der Waals surface area (Å²) >= 11 is 0. The fourth-order valence-electron chi connectivity index (χ4n) is 4.65. The minimum absolute atomic E-state index is 0.181. The Morgan fingerprint density at radius 1 is 1.04 bits per heavy atom. The van der Waals surface area contributed by atoms with Crippen LogP contribution in [0.5, 0.6) is 17.2 Å². The maximum absolute atomic E-state index is 10.8. The van der Waals surface area contributed by atoms with E-state index in [1.54, 1.807) is 0 Å². The first-order valence-corrected chi connectivity index (χ1v) is 10.1. The van der Waals surface area contributed by atoms with Gasteiger partial charge in [-0.2, -0.15) is 0 Å². The zero-order valence-electron chi connectivity index (χ0n) is 16.0. The molecule has 0 spiro atoms. The predicted molar refractivity (Wildman–Crippen MR) is 104 cm³/mol. The van der Waals surface area contributed by atoms with Crippen LogP contribution in [-0.4, -0.2) is 52.3 Å². The van der Waals surface area contributed by atoms with Gasteiger partial charge in [-0.3, -0.25) is 0 Å². The van der Waals surface area contributed by atoms with Crippen LogP contribution in [0, 0.1) is 6.92 Å². The zero-order valence-corrected chi connectivity index (χ0v) is 16.0. The molecule has 148 valence electrons. The third kappa shape index (κ3) is 2.85. The lowest BCUT2D eigenvalue weighted by atomic mass is 9.91. The van der Waals surface area contributed by atoms with Crippen LogP contribution in [0.15, 0.2) is 12.1 Å². The van der Waals surface area contributed by atoms with Crippen LogP contribution in [0.4, 0.5) is 5.82 Å². The van der Waals surface area contributed by atoms with E-state index in [1.807, 2.05) is 19.1 Å². The van der Waals surface area contributed by atoms with Crippen molar-refractivity contribution in [3.8, 4) is 28.5 Å². The second-order valence-electron chi connectivity index (χ2n) is 7.91. The highest BCUT2D eigenvalue weighted by Crippen LogP contribution is 2.44. The topological polar surface area (TPSA) is 87.9 Å². The number of phenolic OH excluding ortho intramolecular Hbond substituents is 1. The third-order valence-corrected chi connectivity index (χ3v) is 6.14. The van der Waals surface area contributed by atoms with E-state index >= 15 is 0 Å². The number of aryl methyl sites for hydroxylation is 1. The van der Waals surface area contributed by atoms with Crippen molar-refractivity contribution in [3.63, 3.8) is 0 Å². The van der Waals surface area contributed by atoms with Gasteiger partial charge in [-0.15, -0.1) is 10.2 Å². The SMILES string of the molecule is Cc1cc2c(c(O)c1-c1cc3c(nn1)N(C1CCC(O)CC1)CCO3)CCO2. The van der Waals surface area contributed by atoms with Crippen LogP contribution in [0.3, 0.4) is 0 Å². The summed E-state index contributed by atoms with van der Waals surface area (Å²) in [6.45, 7) is 3.91. The van der Waals surface area contributed by atoms with Crippen molar-refractivity contribution >= 4 is 5.82 Å². The molecule has 0 radical (unpaired) electrons. The summed E-state index contributed by atoms with van der Waals surface area (Å²) < 4.78 is 11.5. The number of hydrogen-bond donors (Lipinski definition) is 2. The average molecular weight is 383 g/mol. The first-order valence-electron chi connectivity index (χ1n) is 10.1. The molecule has 7 heteroatoms. The Hall–Kier alpha value is -2.54. The third-order valence-electron chi connectivity index (χ3n) is 6.14. The van der Waals surface area contributed by atoms with Gasteiger partial charge in [-0.05, 0) is 44.2 Å². The quantitative estimate of drug-likeness (QED) is 0.824. The second kappa shape index (κ2) is 6.81. The molecule has 0 bridgehead atoms. The van der Waals surface area contributed by atoms with Crippen molar-refractivity contribution in [1.29, 1.82) is 0 Å². The molecule has 0 atom stereocenters. The first kappa shape index (κ1) is 17.6. The number of rotatable bonds is 2. The molecule has 0 unspecified atom stereocenters. The van der Waals surface area contributed by atoms with Gasteiger partial charge < -0.3 is 24.6 Å². The van der Waals surface area contributed by atoms with Gasteiger partial charge in [0.1, 0.15) is 23.8 Å². The summed E-state index contributed by atoms with van der Waals surface area (Å²) in [5.74, 6) is 2.46. The molecule has 2 aromatic rings. The van der Waals surface area contributed by atoms with Crippen LogP contribution in [0.25, 0.3) is 11.3 Å². The van der Waals surface area contributed by atoms with Crippen LogP contribution < -0.4 is 14.4 Å². The van der Waals surface area contributed by atoms with Gasteiger partial charge >= 0.3 is 0 Å². The zero-order chi connectivity index (χ0) is 19.3. The van der Waals surface area contributed by atoms with Crippen molar-refractivity contribution < 1.29 is 19.7 Å². The summed E-state index contributed by atoms with van der Waals surface area (Å²) in [5.41, 5.74) is 3.05. The Bertz CT molecular complexity index is 909. The molecule has 7 nitrogen and oxygen atoms in total. The van der Waals surface area contributed by atoms with Crippen LogP contribution in [0.1, 0.15) is 36.8 Å². The number of aliphatic hydroxyl groups excluding tert-OH is 1. The smallest absolute Gasteiger partial charge is 0.194 e. The molecule has 1 fully saturated rings. The lowest BCUT2D eigenvalue weighted by Gasteiger charge is -2.39. The molecular weight excluding hydrogens is 358 g/mol. The largest absolute Gasteiger partial charge is 0.507 e. The van der Waals surface area contributed by atoms with E-state index in [0.29, 0.717) is 42.7 Å². The Morgan fingerprint density at radius 2 is 1.82 bits per heavy atom. The summed E-state index contributed by atoms with van der Waals surface area (Å²) in [6, 6.07) is 4.20. The number of aromatic nitrogens is 2. The van der Waals surface area contributed by atoms with E-state index in [-0.39, 0.29) is 11.9 Å². The molecule has 28 heavy (non-hydrogen) atoms. The molecule has 1 aromatic heterocycles. The molecule has 1 aliphatic carbocycles. The molecule has 5 rings (SSSR count). The minimum atomic E-state index is -0.181. The maximum atomic E-state index is 10.8. The number of ether oxygens (including phenoxy) is 2. The van der Waals surface area contributed by atoms with Crippen LogP contribution in [0.2, 0.25) is 0 Å². The van der Waals surface area contributed by atoms with E-state index in [1.165, 1.54) is 0 Å². The van der Waals surface area contributed by atoms with Gasteiger partial charge in [-0.25, -0.2) is 0 Å². The monoisotopic (exact) mass is 383 g/mol. The Balaban J connectivity index is 1.50. The summed E-state index contributed by atoms with van der Waals surface area (Å²) in [5, 5.41) is 29.5. The summed E-state index contributed by atoms with van der Waals surface area (Å²) in [6.07, 6.45) is 4.08. The van der Waals surface area contributed by atoms with E-state index in [0.717, 1.165) is 54.9 Å². The van der Waals surface area contributed by atoms with Gasteiger partial charge in [0.15, 0.2) is 11.6 Å². The summed E-state index contributed by atoms with van der Waals surface area (Å²) in [7, 11) is 0. The van der Waals surface area contributed by atoms with Gasteiger partial charge in [0.2, 0.25) is 0 Å². The van der Waals surface area contributed by atoms with Crippen molar-refractivity contribution in [2.75, 3.05) is 24.7 Å². The molecule has 1 saturated carbocycles. The summed E-state index contributed by atoms with van der Waals surface area (Å²) in [4.78, 5) is 2.27. The number of aliphatic hydroxyl groups is 1. The lowest BCUT2D eigenvalue weighted by Crippen LogP contribution is -2.44. The minimum Gasteiger partial charge on any atom is -0.507 e. The normalized spacial score (nSPS) is 23.6. The van der Waals surface area contributed by atoms with Crippen LogP contribution >= 0.6 is 0 Å². The Morgan fingerprint density at radius 3 is 2.64 bits per heavy atom. The second-order valence-corrected chi connectivity index (χ2v) is 7.91. The van der Waals surface area contributed by atoms with Crippen molar-refractivity contribution in [1.82, 2.24) is 10.2 Å². The molecular formula is C21H25N3O4. The van der Waals surface area contributed by atoms with E-state index < -0.39 is 0 Å². The van der Waals surface area contributed by atoms with Crippen molar-refractivity contribution in [2.45, 2.75) is 51.2 Å². The lowest BCUT2D eigenvalue weighted by molar-refractivity contribution is 0.120. The predicted octanol–water partition coefficient (Wildman–Crippen LogP) is 2.59. The molecule has 3 aliphatic rings. The molecule has 1 aromatic carbocycles. The fourth-order valence-corrected chi connectivity index (χ4v) is 4.65. The number of benzene rings is 1. The maximum Gasteiger partial charge on any atom is 0.194 e. The number of hydrogen-bond acceptors (Lipinski definition) is 7. The number of nitrogens with zero attached hydrogens (tertiary/aromatic N) is 3. The number of fused-ring (bicyclic) bond motifs is 2. The van der Waals surface area contributed by atoms with Crippen molar-refractivity contribution in [3.05, 3.63) is 23.3 Å². The number of phenols is 1. The number of aromatic hydroxyl groups is 1. The van der Waals surface area contributed by atoms with Gasteiger partial charge in [0.25, 0.3) is 0 Å². The van der Waals surface area contributed by atoms with Crippen LogP contribution in [-0.2, 0) is 6.42 Å². The van der Waals surface area contributed by atoms with Gasteiger partial charge in [-0.1, -0.05) is 0 Å². The highest BCUT2D eigenvalue weighted by atomic mass is 16.5. The molecule has 0 amide bonds. The molecule has 2 aliphatic heterocycles.